The Morgan fingerprint density at radius 3 is 2.38 bits per heavy atom. The van der Waals surface area contributed by atoms with E-state index < -0.39 is 0 Å². The molecule has 3 rings (SSSR count). The Bertz CT molecular complexity index is 998. The second kappa shape index (κ2) is 11.1. The molecule has 1 saturated heterocycles. The van der Waals surface area contributed by atoms with Crippen LogP contribution >= 0.6 is 11.8 Å². The minimum absolute atomic E-state index is 0.0444. The summed E-state index contributed by atoms with van der Waals surface area (Å²) >= 11 is 1.38. The summed E-state index contributed by atoms with van der Waals surface area (Å²) in [4.78, 5) is 22.3. The van der Waals surface area contributed by atoms with Crippen LogP contribution < -0.4 is 14.4 Å². The highest BCUT2D eigenvalue weighted by Gasteiger charge is 2.32. The Morgan fingerprint density at radius 2 is 1.78 bits per heavy atom. The first-order valence-electron chi connectivity index (χ1n) is 11.0. The van der Waals surface area contributed by atoms with Crippen molar-refractivity contribution in [1.82, 2.24) is 4.90 Å². The van der Waals surface area contributed by atoms with Crippen LogP contribution in [-0.4, -0.2) is 49.3 Å². The molecule has 0 N–H and O–H groups in total. The number of likely N-dealkylation sites (N-methyl/N-ethyl adjacent to an activating group) is 1. The minimum Gasteiger partial charge on any atom is -0.496 e. The first-order valence-corrected chi connectivity index (χ1v) is 11.8. The van der Waals surface area contributed by atoms with Crippen LogP contribution in [0.2, 0.25) is 0 Å². The highest BCUT2D eigenvalue weighted by atomic mass is 32.2. The number of thioether (sulfide) groups is 1. The molecule has 1 heterocycles. The van der Waals surface area contributed by atoms with Gasteiger partial charge in [-0.25, -0.2) is 4.99 Å². The predicted molar refractivity (Wildman–Crippen MR) is 134 cm³/mol. The molecule has 6 nitrogen and oxygen atoms in total. The van der Waals surface area contributed by atoms with E-state index in [1.54, 1.807) is 12.0 Å². The summed E-state index contributed by atoms with van der Waals surface area (Å²) in [5.41, 5.74) is 2.76. The number of rotatable bonds is 9. The second-order valence-corrected chi connectivity index (χ2v) is 8.09. The number of hydrogen-bond acceptors (Lipinski definition) is 6. The second-order valence-electron chi connectivity index (χ2n) is 7.08. The van der Waals surface area contributed by atoms with E-state index in [1.165, 1.54) is 11.8 Å². The van der Waals surface area contributed by atoms with Gasteiger partial charge in [-0.3, -0.25) is 9.69 Å². The normalized spacial score (nSPS) is 16.2. The van der Waals surface area contributed by atoms with Crippen molar-refractivity contribution in [3.05, 3.63) is 52.9 Å². The Labute approximate surface area is 194 Å². The smallest absolute Gasteiger partial charge is 0.266 e. The van der Waals surface area contributed by atoms with Crippen LogP contribution in [0.3, 0.4) is 0 Å². The van der Waals surface area contributed by atoms with Crippen molar-refractivity contribution in [3.8, 4) is 11.5 Å². The number of benzene rings is 2. The lowest BCUT2D eigenvalue weighted by Crippen LogP contribution is -2.28. The molecule has 0 aromatic heterocycles. The maximum atomic E-state index is 13.0. The number of nitrogens with zero attached hydrogens (tertiary/aromatic N) is 3. The van der Waals surface area contributed by atoms with E-state index in [9.17, 15) is 4.79 Å². The molecule has 0 saturated carbocycles. The molecule has 0 spiro atoms. The van der Waals surface area contributed by atoms with Crippen molar-refractivity contribution in [3.63, 3.8) is 0 Å². The van der Waals surface area contributed by atoms with Crippen LogP contribution in [-0.2, 0) is 4.79 Å². The summed E-state index contributed by atoms with van der Waals surface area (Å²) < 4.78 is 11.1. The maximum Gasteiger partial charge on any atom is 0.266 e. The van der Waals surface area contributed by atoms with E-state index >= 15 is 0 Å². The van der Waals surface area contributed by atoms with Crippen LogP contribution in [0, 0.1) is 0 Å². The van der Waals surface area contributed by atoms with Gasteiger partial charge in [-0.1, -0.05) is 0 Å². The van der Waals surface area contributed by atoms with Gasteiger partial charge in [0.25, 0.3) is 5.91 Å². The fraction of sp³-hybridized carbons (Fsp3) is 0.360. The van der Waals surface area contributed by atoms with Crippen molar-refractivity contribution in [2.45, 2.75) is 27.7 Å². The van der Waals surface area contributed by atoms with Gasteiger partial charge in [-0.15, -0.1) is 0 Å². The lowest BCUT2D eigenvalue weighted by molar-refractivity contribution is -0.122. The van der Waals surface area contributed by atoms with E-state index in [0.717, 1.165) is 41.5 Å². The number of carbonyl (C=O) groups is 1. The molecule has 1 aliphatic rings. The average Bonchev–Trinajstić information content (AvgIpc) is 3.10. The van der Waals surface area contributed by atoms with E-state index in [0.29, 0.717) is 23.2 Å². The number of carbonyl (C=O) groups excluding carboxylic acids is 1. The van der Waals surface area contributed by atoms with Crippen molar-refractivity contribution < 1.29 is 14.3 Å². The molecule has 1 aliphatic heterocycles. The van der Waals surface area contributed by atoms with Crippen molar-refractivity contribution in [2.75, 3.05) is 38.3 Å². The van der Waals surface area contributed by atoms with Gasteiger partial charge in [0, 0.05) is 37.0 Å². The lowest BCUT2D eigenvalue weighted by atomic mass is 10.1. The monoisotopic (exact) mass is 453 g/mol. The predicted octanol–water partition coefficient (Wildman–Crippen LogP) is 5.56. The largest absolute Gasteiger partial charge is 0.496 e. The fourth-order valence-electron chi connectivity index (χ4n) is 3.51. The number of ether oxygens (including phenoxy) is 2. The number of anilines is 1. The molecule has 0 aliphatic carbocycles. The number of amidine groups is 1. The van der Waals surface area contributed by atoms with Gasteiger partial charge in [0.05, 0.1) is 24.3 Å². The standard InChI is InChI=1S/C25H31N3O3S/c1-6-27(7-2)20-13-10-18(22(17-20)30-5)16-23-24(29)28(8-3)25(32-23)26-19-11-14-21(15-12-19)31-9-4/h10-17H,6-9H2,1-5H3/b23-16-,26-25?. The quantitative estimate of drug-likeness (QED) is 0.465. The summed E-state index contributed by atoms with van der Waals surface area (Å²) in [6, 6.07) is 13.7. The minimum atomic E-state index is -0.0444. The van der Waals surface area contributed by atoms with Crippen LogP contribution in [0.25, 0.3) is 6.08 Å². The highest BCUT2D eigenvalue weighted by Crippen LogP contribution is 2.36. The Morgan fingerprint density at radius 1 is 1.06 bits per heavy atom. The topological polar surface area (TPSA) is 54.4 Å². The van der Waals surface area contributed by atoms with Gasteiger partial charge >= 0.3 is 0 Å². The molecular weight excluding hydrogens is 422 g/mol. The summed E-state index contributed by atoms with van der Waals surface area (Å²) in [7, 11) is 1.66. The van der Waals surface area contributed by atoms with Crippen LogP contribution in [0.4, 0.5) is 11.4 Å². The molecule has 1 amide bonds. The molecule has 32 heavy (non-hydrogen) atoms. The van der Waals surface area contributed by atoms with Crippen LogP contribution in [0.5, 0.6) is 11.5 Å². The first-order chi connectivity index (χ1) is 15.5. The SMILES string of the molecule is CCOc1ccc(N=C2S/C(=C\c3ccc(N(CC)CC)cc3OC)C(=O)N2CC)cc1. The Hall–Kier alpha value is -2.93. The molecule has 1 fully saturated rings. The number of methoxy groups -OCH3 is 1. The zero-order chi connectivity index (χ0) is 23.1. The molecule has 2 aromatic rings. The molecule has 0 atom stereocenters. The van der Waals surface area contributed by atoms with E-state index in [2.05, 4.69) is 24.8 Å². The molecule has 0 unspecified atom stereocenters. The van der Waals surface area contributed by atoms with E-state index in [-0.39, 0.29) is 5.91 Å². The van der Waals surface area contributed by atoms with Gasteiger partial charge in [-0.2, -0.15) is 0 Å². The zero-order valence-corrected chi connectivity index (χ0v) is 20.2. The van der Waals surface area contributed by atoms with Gasteiger partial charge in [0.15, 0.2) is 5.17 Å². The molecule has 0 bridgehead atoms. The summed E-state index contributed by atoms with van der Waals surface area (Å²) in [6.07, 6.45) is 1.89. The average molecular weight is 454 g/mol. The highest BCUT2D eigenvalue weighted by molar-refractivity contribution is 8.18. The summed E-state index contributed by atoms with van der Waals surface area (Å²) in [5, 5.41) is 0.673. The van der Waals surface area contributed by atoms with E-state index in [4.69, 9.17) is 14.5 Å². The molecular formula is C25H31N3O3S. The van der Waals surface area contributed by atoms with Crippen molar-refractivity contribution in [2.24, 2.45) is 4.99 Å². The third kappa shape index (κ3) is 5.27. The summed E-state index contributed by atoms with van der Waals surface area (Å²) in [6.45, 7) is 11.2. The van der Waals surface area contributed by atoms with Crippen LogP contribution in [0.15, 0.2) is 52.4 Å². The maximum absolute atomic E-state index is 13.0. The van der Waals surface area contributed by atoms with E-state index in [1.807, 2.05) is 56.3 Å². The van der Waals surface area contributed by atoms with Gasteiger partial charge in [0.2, 0.25) is 0 Å². The van der Waals surface area contributed by atoms with Crippen LogP contribution in [0.1, 0.15) is 33.3 Å². The van der Waals surface area contributed by atoms with Crippen molar-refractivity contribution >= 4 is 40.3 Å². The zero-order valence-electron chi connectivity index (χ0n) is 19.4. The fourth-order valence-corrected chi connectivity index (χ4v) is 4.56. The molecule has 2 aromatic carbocycles. The Balaban J connectivity index is 1.89. The van der Waals surface area contributed by atoms with Gasteiger partial charge < -0.3 is 14.4 Å². The number of hydrogen-bond donors (Lipinski definition) is 0. The first kappa shape index (κ1) is 23.7. The lowest BCUT2D eigenvalue weighted by Gasteiger charge is -2.22. The Kier molecular flexibility index (Phi) is 8.22. The number of amides is 1. The third-order valence-corrected chi connectivity index (χ3v) is 6.22. The summed E-state index contributed by atoms with van der Waals surface area (Å²) in [5.74, 6) is 1.51. The van der Waals surface area contributed by atoms with Crippen molar-refractivity contribution in [1.29, 1.82) is 0 Å². The molecule has 0 radical (unpaired) electrons. The number of aliphatic imine (C=N–C) groups is 1. The molecule has 170 valence electrons. The molecule has 7 heteroatoms. The van der Waals surface area contributed by atoms with Gasteiger partial charge in [-0.05, 0) is 81.9 Å². The van der Waals surface area contributed by atoms with Gasteiger partial charge in [0.1, 0.15) is 11.5 Å². The third-order valence-electron chi connectivity index (χ3n) is 5.21.